The van der Waals surface area contributed by atoms with Crippen LogP contribution >= 0.6 is 0 Å². The third-order valence-corrected chi connectivity index (χ3v) is 5.95. The van der Waals surface area contributed by atoms with Crippen LogP contribution in [-0.2, 0) is 20.7 Å². The van der Waals surface area contributed by atoms with Crippen LogP contribution in [0.3, 0.4) is 0 Å². The van der Waals surface area contributed by atoms with E-state index in [1.54, 1.807) is 0 Å². The fraction of sp³-hybridized carbons (Fsp3) is 0.333. The van der Waals surface area contributed by atoms with Gasteiger partial charge in [0.05, 0.1) is 24.5 Å². The minimum absolute atomic E-state index is 0.130. The van der Waals surface area contributed by atoms with Crippen LogP contribution in [0.1, 0.15) is 37.4 Å². The van der Waals surface area contributed by atoms with Crippen LogP contribution in [0.4, 0.5) is 11.4 Å². The number of hydrogen-bond acceptors (Lipinski definition) is 5. The number of ketones is 1. The molecule has 150 valence electrons. The Morgan fingerprint density at radius 2 is 1.79 bits per heavy atom. The minimum Gasteiger partial charge on any atom is -0.468 e. The number of hydrogen-bond donors (Lipinski definition) is 2. The van der Waals surface area contributed by atoms with Gasteiger partial charge in [-0.1, -0.05) is 50.2 Å². The van der Waals surface area contributed by atoms with Gasteiger partial charge in [-0.15, -0.1) is 0 Å². The smallest absolute Gasteiger partial charge is 0.316 e. The lowest BCUT2D eigenvalue weighted by Gasteiger charge is -2.32. The molecule has 1 aliphatic heterocycles. The Bertz CT molecular complexity index is 978. The van der Waals surface area contributed by atoms with Gasteiger partial charge >= 0.3 is 5.97 Å². The van der Waals surface area contributed by atoms with Crippen molar-refractivity contribution in [2.45, 2.75) is 32.7 Å². The summed E-state index contributed by atoms with van der Waals surface area (Å²) in [6.07, 6.45) is 1.57. The zero-order valence-corrected chi connectivity index (χ0v) is 17.0. The van der Waals surface area contributed by atoms with Crippen LogP contribution in [0, 0.1) is 11.8 Å². The maximum Gasteiger partial charge on any atom is 0.316 e. The number of nitrogens with one attached hydrogen (secondary N) is 2. The van der Waals surface area contributed by atoms with Gasteiger partial charge in [-0.05, 0) is 42.0 Å². The largest absolute Gasteiger partial charge is 0.468 e. The van der Waals surface area contributed by atoms with E-state index in [1.807, 2.05) is 31.2 Å². The summed E-state index contributed by atoms with van der Waals surface area (Å²) in [6, 6.07) is 15.9. The molecule has 2 aliphatic rings. The topological polar surface area (TPSA) is 67.4 Å². The molecule has 1 heterocycles. The second kappa shape index (κ2) is 7.74. The molecular weight excluding hydrogens is 364 g/mol. The van der Waals surface area contributed by atoms with Gasteiger partial charge in [-0.2, -0.15) is 0 Å². The molecule has 2 aromatic rings. The van der Waals surface area contributed by atoms with Crippen molar-refractivity contribution in [3.05, 3.63) is 70.9 Å². The Morgan fingerprint density at radius 1 is 1.10 bits per heavy atom. The molecule has 2 aromatic carbocycles. The van der Waals surface area contributed by atoms with Crippen molar-refractivity contribution >= 4 is 23.1 Å². The number of esters is 1. The average molecular weight is 390 g/mol. The lowest BCUT2D eigenvalue weighted by molar-refractivity contribution is -0.151. The quantitative estimate of drug-likeness (QED) is 0.597. The Labute approximate surface area is 171 Å². The fourth-order valence-corrected chi connectivity index (χ4v) is 4.33. The Hall–Kier alpha value is -3.08. The Balaban J connectivity index is 1.85. The maximum atomic E-state index is 13.5. The first-order chi connectivity index (χ1) is 14.0. The van der Waals surface area contributed by atoms with Crippen LogP contribution in [0.5, 0.6) is 0 Å². The van der Waals surface area contributed by atoms with E-state index >= 15 is 0 Å². The molecule has 5 heteroatoms. The van der Waals surface area contributed by atoms with Crippen molar-refractivity contribution in [2.24, 2.45) is 11.8 Å². The van der Waals surface area contributed by atoms with Crippen LogP contribution in [-0.4, -0.2) is 18.9 Å². The number of allylic oxidation sites excluding steroid dienone is 1. The molecular formula is C24H26N2O3. The molecule has 0 amide bonds. The number of para-hydroxylation sites is 2. The number of aryl methyl sites for hydroxylation is 1. The van der Waals surface area contributed by atoms with Gasteiger partial charge in [0.15, 0.2) is 5.78 Å². The molecule has 3 atom stereocenters. The number of rotatable bonds is 3. The molecule has 0 radical (unpaired) electrons. The highest BCUT2D eigenvalue weighted by molar-refractivity contribution is 6.11. The van der Waals surface area contributed by atoms with Gasteiger partial charge in [-0.3, -0.25) is 9.59 Å². The highest BCUT2D eigenvalue weighted by Gasteiger charge is 2.44. The predicted molar refractivity (Wildman–Crippen MR) is 114 cm³/mol. The number of Topliss-reactive ketones (excluding diaryl/α,β-unsaturated/α-hetero) is 1. The number of fused-ring (bicyclic) bond motifs is 1. The molecule has 0 spiro atoms. The molecule has 0 saturated heterocycles. The van der Waals surface area contributed by atoms with Gasteiger partial charge in [0.2, 0.25) is 0 Å². The van der Waals surface area contributed by atoms with E-state index in [0.29, 0.717) is 12.0 Å². The van der Waals surface area contributed by atoms with Crippen LogP contribution in [0.25, 0.3) is 0 Å². The third-order valence-electron chi connectivity index (χ3n) is 5.95. The standard InChI is InChI=1S/C24H26N2O3/c1-4-15-9-11-16(12-10-15)22-21-19(25-17-7-5-6-8-18(17)26-22)13-14(2)20(23(21)27)24(28)29-3/h5-12,14,20,22,25-26H,4,13H2,1-3H3. The molecule has 1 aliphatic carbocycles. The number of benzene rings is 2. The zero-order valence-electron chi connectivity index (χ0n) is 17.0. The average Bonchev–Trinajstić information content (AvgIpc) is 2.90. The Morgan fingerprint density at radius 3 is 2.45 bits per heavy atom. The highest BCUT2D eigenvalue weighted by atomic mass is 16.5. The van der Waals surface area contributed by atoms with E-state index in [0.717, 1.165) is 29.1 Å². The lowest BCUT2D eigenvalue weighted by atomic mass is 9.75. The summed E-state index contributed by atoms with van der Waals surface area (Å²) >= 11 is 0. The van der Waals surface area contributed by atoms with Gasteiger partial charge in [0.25, 0.3) is 0 Å². The summed E-state index contributed by atoms with van der Waals surface area (Å²) in [5.74, 6) is -1.53. The molecule has 3 unspecified atom stereocenters. The van der Waals surface area contributed by atoms with E-state index < -0.39 is 11.9 Å². The first kappa shape index (κ1) is 19.2. The zero-order chi connectivity index (χ0) is 20.5. The summed E-state index contributed by atoms with van der Waals surface area (Å²) < 4.78 is 4.95. The number of methoxy groups -OCH3 is 1. The molecule has 2 N–H and O–H groups in total. The van der Waals surface area contributed by atoms with Crippen molar-refractivity contribution in [1.29, 1.82) is 0 Å². The van der Waals surface area contributed by atoms with E-state index in [2.05, 4.69) is 41.8 Å². The summed E-state index contributed by atoms with van der Waals surface area (Å²) in [5, 5.41) is 7.01. The molecule has 4 rings (SSSR count). The van der Waals surface area contributed by atoms with Crippen LogP contribution in [0.15, 0.2) is 59.8 Å². The molecule has 0 aromatic heterocycles. The maximum absolute atomic E-state index is 13.5. The summed E-state index contributed by atoms with van der Waals surface area (Å²) in [7, 11) is 1.34. The minimum atomic E-state index is -0.777. The first-order valence-electron chi connectivity index (χ1n) is 10.1. The lowest BCUT2D eigenvalue weighted by Crippen LogP contribution is -2.39. The number of anilines is 2. The predicted octanol–water partition coefficient (Wildman–Crippen LogP) is 4.48. The third kappa shape index (κ3) is 3.41. The van der Waals surface area contributed by atoms with Gasteiger partial charge in [0.1, 0.15) is 5.92 Å². The van der Waals surface area contributed by atoms with Crippen molar-refractivity contribution < 1.29 is 14.3 Å². The second-order valence-corrected chi connectivity index (χ2v) is 7.78. The summed E-state index contributed by atoms with van der Waals surface area (Å²) in [4.78, 5) is 25.9. The summed E-state index contributed by atoms with van der Waals surface area (Å²) in [6.45, 7) is 4.05. The van der Waals surface area contributed by atoms with Gasteiger partial charge in [0, 0.05) is 11.3 Å². The van der Waals surface area contributed by atoms with E-state index in [4.69, 9.17) is 4.74 Å². The van der Waals surface area contributed by atoms with Crippen molar-refractivity contribution in [3.8, 4) is 0 Å². The molecule has 0 bridgehead atoms. The van der Waals surface area contributed by atoms with Crippen molar-refractivity contribution in [3.63, 3.8) is 0 Å². The van der Waals surface area contributed by atoms with Gasteiger partial charge < -0.3 is 15.4 Å². The molecule has 0 saturated carbocycles. The number of carbonyl (C=O) groups excluding carboxylic acids is 2. The number of ether oxygens (including phenoxy) is 1. The van der Waals surface area contributed by atoms with Crippen molar-refractivity contribution in [2.75, 3.05) is 17.7 Å². The second-order valence-electron chi connectivity index (χ2n) is 7.78. The first-order valence-corrected chi connectivity index (χ1v) is 10.1. The van der Waals surface area contributed by atoms with E-state index in [9.17, 15) is 9.59 Å². The fourth-order valence-electron chi connectivity index (χ4n) is 4.33. The van der Waals surface area contributed by atoms with Crippen LogP contribution < -0.4 is 10.6 Å². The Kier molecular flexibility index (Phi) is 5.14. The number of carbonyl (C=O) groups is 2. The van der Waals surface area contributed by atoms with Crippen LogP contribution in [0.2, 0.25) is 0 Å². The monoisotopic (exact) mass is 390 g/mol. The summed E-state index contributed by atoms with van der Waals surface area (Å²) in [5.41, 5.74) is 5.61. The van der Waals surface area contributed by atoms with E-state index in [1.165, 1.54) is 12.7 Å². The molecule has 5 nitrogen and oxygen atoms in total. The van der Waals surface area contributed by atoms with E-state index in [-0.39, 0.29) is 17.7 Å². The van der Waals surface area contributed by atoms with Gasteiger partial charge in [-0.25, -0.2) is 0 Å². The van der Waals surface area contributed by atoms with Crippen molar-refractivity contribution in [1.82, 2.24) is 0 Å². The normalized spacial score (nSPS) is 23.3. The highest BCUT2D eigenvalue weighted by Crippen LogP contribution is 2.43. The SMILES string of the molecule is CCc1ccc(C2Nc3ccccc3NC3=C2C(=O)C(C(=O)OC)C(C)C3)cc1. The molecule has 29 heavy (non-hydrogen) atoms. The molecule has 0 fully saturated rings.